The van der Waals surface area contributed by atoms with E-state index in [1.54, 1.807) is 0 Å². The van der Waals surface area contributed by atoms with Crippen LogP contribution in [0.2, 0.25) is 10.6 Å². The summed E-state index contributed by atoms with van der Waals surface area (Å²) in [6, 6.07) is 10.3. The van der Waals surface area contributed by atoms with Gasteiger partial charge in [-0.1, -0.05) is 48.5 Å². The highest BCUT2D eigenvalue weighted by Crippen LogP contribution is 1.98. The van der Waals surface area contributed by atoms with Crippen LogP contribution in [0.4, 0.5) is 0 Å². The first-order valence-corrected chi connectivity index (χ1v) is 7.14. The van der Waals surface area contributed by atoms with Gasteiger partial charge in [0.25, 0.3) is 0 Å². The summed E-state index contributed by atoms with van der Waals surface area (Å²) in [6.07, 6.45) is 0. The highest BCUT2D eigenvalue weighted by Gasteiger charge is 2.07. The van der Waals surface area contributed by atoms with Gasteiger partial charge >= 0.3 is 14.1 Å². The van der Waals surface area contributed by atoms with Gasteiger partial charge in [-0.3, -0.25) is 0 Å². The highest BCUT2D eigenvalue weighted by atomic mass is 27.2. The van der Waals surface area contributed by atoms with Crippen LogP contribution >= 0.6 is 0 Å². The van der Waals surface area contributed by atoms with Crippen molar-refractivity contribution in [3.8, 4) is 10.7 Å². The lowest BCUT2D eigenvalue weighted by molar-refractivity contribution is 1.34. The Morgan fingerprint density at radius 2 is 1.69 bits per heavy atom. The molecule has 0 heterocycles. The van der Waals surface area contributed by atoms with Crippen molar-refractivity contribution >= 4 is 14.1 Å². The highest BCUT2D eigenvalue weighted by molar-refractivity contribution is 6.67. The molecule has 0 saturated heterocycles. The van der Waals surface area contributed by atoms with Gasteiger partial charge in [0.1, 0.15) is 0 Å². The Hall–Kier alpha value is -0.688. The summed E-state index contributed by atoms with van der Waals surface area (Å²) in [4.78, 5) is 3.42. The molecule has 0 unspecified atom stereocenters. The molecule has 1 heteroatoms. The van der Waals surface area contributed by atoms with Crippen molar-refractivity contribution in [2.75, 3.05) is 0 Å². The van der Waals surface area contributed by atoms with E-state index in [2.05, 4.69) is 36.7 Å². The summed E-state index contributed by atoms with van der Waals surface area (Å²) in [7, 11) is 0. The Morgan fingerprint density at radius 3 is 2.23 bits per heavy atom. The summed E-state index contributed by atoms with van der Waals surface area (Å²) in [5.74, 6) is 3.26. The molecule has 0 aliphatic carbocycles. The second-order valence-electron chi connectivity index (χ2n) is 3.15. The molecule has 0 atom stereocenters. The lowest BCUT2D eigenvalue weighted by Crippen LogP contribution is -2.04. The van der Waals surface area contributed by atoms with Crippen LogP contribution in [0, 0.1) is 10.7 Å². The minimum Gasteiger partial charge on any atom is -0.200 e. The van der Waals surface area contributed by atoms with E-state index in [-0.39, 0.29) is 0 Å². The second kappa shape index (κ2) is 5.87. The third-order valence-electron chi connectivity index (χ3n) is 2.18. The summed E-state index contributed by atoms with van der Waals surface area (Å²) in [5.41, 5.74) is 1.15. The minimum absolute atomic E-state index is 0.723. The standard InChI is InChI=1S/C8H5.2C2H5.Al/c1-2-8-6-4-3-5-7-8;2*1-2;/h3-7H;2*1H2,2H3;. The van der Waals surface area contributed by atoms with Crippen molar-refractivity contribution < 1.29 is 0 Å². The first-order valence-electron chi connectivity index (χ1n) is 4.93. The summed E-state index contributed by atoms with van der Waals surface area (Å²) in [5, 5.41) is 2.58. The average Bonchev–Trinajstić information content (AvgIpc) is 2.21. The van der Waals surface area contributed by atoms with Crippen molar-refractivity contribution in [1.82, 2.24) is 0 Å². The van der Waals surface area contributed by atoms with Gasteiger partial charge in [0.2, 0.25) is 0 Å². The topological polar surface area (TPSA) is 0 Å². The first-order chi connectivity index (χ1) is 6.36. The van der Waals surface area contributed by atoms with Crippen LogP contribution in [0.25, 0.3) is 0 Å². The second-order valence-corrected chi connectivity index (χ2v) is 6.46. The Bertz CT molecular complexity index is 288. The molecule has 0 aromatic heterocycles. The Kier molecular flexibility index (Phi) is 4.70. The quantitative estimate of drug-likeness (QED) is 0.491. The molecule has 0 fully saturated rings. The molecular formula is C12H15Al. The van der Waals surface area contributed by atoms with Crippen molar-refractivity contribution in [1.29, 1.82) is 0 Å². The lowest BCUT2D eigenvalue weighted by atomic mass is 10.2. The van der Waals surface area contributed by atoms with E-state index in [1.807, 2.05) is 18.2 Å². The van der Waals surface area contributed by atoms with E-state index in [9.17, 15) is 0 Å². The van der Waals surface area contributed by atoms with Crippen molar-refractivity contribution in [3.05, 3.63) is 35.9 Å². The molecule has 0 bridgehead atoms. The van der Waals surface area contributed by atoms with Crippen molar-refractivity contribution in [3.63, 3.8) is 0 Å². The molecular weight excluding hydrogens is 171 g/mol. The van der Waals surface area contributed by atoms with Crippen molar-refractivity contribution in [2.24, 2.45) is 0 Å². The molecule has 1 aromatic carbocycles. The molecule has 0 nitrogen and oxygen atoms in total. The van der Waals surface area contributed by atoms with Gasteiger partial charge in [0.05, 0.1) is 0 Å². The van der Waals surface area contributed by atoms with Crippen LogP contribution in [0.15, 0.2) is 30.3 Å². The normalized spacial score (nSPS) is 8.77. The zero-order valence-electron chi connectivity index (χ0n) is 8.38. The minimum atomic E-state index is -0.723. The monoisotopic (exact) mass is 186 g/mol. The molecule has 66 valence electrons. The van der Waals surface area contributed by atoms with Gasteiger partial charge in [-0.25, -0.2) is 0 Å². The lowest BCUT2D eigenvalue weighted by Gasteiger charge is -1.93. The van der Waals surface area contributed by atoms with Crippen LogP contribution in [0.1, 0.15) is 19.4 Å². The fraction of sp³-hybridized carbons (Fsp3) is 0.333. The fourth-order valence-electron chi connectivity index (χ4n) is 1.20. The van der Waals surface area contributed by atoms with Gasteiger partial charge in [-0.2, -0.15) is 4.78 Å². The predicted molar refractivity (Wildman–Crippen MR) is 60.0 cm³/mol. The van der Waals surface area contributed by atoms with Crippen LogP contribution in [-0.4, -0.2) is 14.1 Å². The fourth-order valence-corrected chi connectivity index (χ4v) is 2.56. The Balaban J connectivity index is 2.66. The van der Waals surface area contributed by atoms with E-state index in [4.69, 9.17) is 0 Å². The molecule has 0 aliphatic rings. The zero-order chi connectivity index (χ0) is 9.52. The van der Waals surface area contributed by atoms with Crippen molar-refractivity contribution in [2.45, 2.75) is 24.4 Å². The Morgan fingerprint density at radius 1 is 1.08 bits per heavy atom. The smallest absolute Gasteiger partial charge is 0.200 e. The molecule has 1 rings (SSSR count). The average molecular weight is 186 g/mol. The number of hydrogen-bond donors (Lipinski definition) is 0. The maximum atomic E-state index is 3.42. The SMILES string of the molecule is C[CH2][Al]([C]#Cc1ccccc1)[CH2]C. The molecule has 0 radical (unpaired) electrons. The van der Waals surface area contributed by atoms with Gasteiger partial charge in [0.15, 0.2) is 0 Å². The number of rotatable bonds is 2. The van der Waals surface area contributed by atoms with Crippen LogP contribution in [-0.2, 0) is 0 Å². The van der Waals surface area contributed by atoms with Gasteiger partial charge in [-0.15, -0.1) is 0 Å². The Labute approximate surface area is 85.4 Å². The molecule has 0 saturated carbocycles. The zero-order valence-corrected chi connectivity index (χ0v) is 9.53. The van der Waals surface area contributed by atoms with Gasteiger partial charge in [-0.05, 0) is 12.1 Å². The molecule has 0 N–H and O–H groups in total. The maximum absolute atomic E-state index is 3.42. The maximum Gasteiger partial charge on any atom is 0.376 e. The molecule has 0 aliphatic heterocycles. The van der Waals surface area contributed by atoms with Gasteiger partial charge < -0.3 is 0 Å². The van der Waals surface area contributed by atoms with E-state index >= 15 is 0 Å². The molecule has 1 aromatic rings. The molecule has 13 heavy (non-hydrogen) atoms. The first kappa shape index (κ1) is 10.4. The van der Waals surface area contributed by atoms with E-state index in [0.717, 1.165) is 5.56 Å². The largest absolute Gasteiger partial charge is 0.376 e. The predicted octanol–water partition coefficient (Wildman–Crippen LogP) is 3.11. The van der Waals surface area contributed by atoms with Crippen LogP contribution in [0.3, 0.4) is 0 Å². The van der Waals surface area contributed by atoms with E-state index in [1.165, 1.54) is 10.6 Å². The molecule has 0 spiro atoms. The van der Waals surface area contributed by atoms with Crippen LogP contribution < -0.4 is 0 Å². The third-order valence-corrected chi connectivity index (χ3v) is 4.70. The summed E-state index contributed by atoms with van der Waals surface area (Å²) < 4.78 is 0. The molecule has 0 amide bonds. The van der Waals surface area contributed by atoms with E-state index in [0.29, 0.717) is 0 Å². The summed E-state index contributed by atoms with van der Waals surface area (Å²) in [6.45, 7) is 4.50. The number of benzene rings is 1. The van der Waals surface area contributed by atoms with Crippen LogP contribution in [0.5, 0.6) is 0 Å². The number of hydrogen-bond acceptors (Lipinski definition) is 0. The van der Waals surface area contributed by atoms with Gasteiger partial charge in [0, 0.05) is 5.56 Å². The van der Waals surface area contributed by atoms with E-state index < -0.39 is 14.1 Å². The third kappa shape index (κ3) is 3.69. The summed E-state index contributed by atoms with van der Waals surface area (Å²) >= 11 is -0.723.